The second-order valence-electron chi connectivity index (χ2n) is 4.32. The summed E-state index contributed by atoms with van der Waals surface area (Å²) < 4.78 is 27.1. The van der Waals surface area contributed by atoms with Crippen LogP contribution in [-0.2, 0) is 10.0 Å². The summed E-state index contributed by atoms with van der Waals surface area (Å²) >= 11 is 5.94. The highest BCUT2D eigenvalue weighted by molar-refractivity contribution is 7.92. The zero-order valence-electron chi connectivity index (χ0n) is 11.0. The molecule has 0 aliphatic heterocycles. The smallest absolute Gasteiger partial charge is 0.337 e. The van der Waals surface area contributed by atoms with E-state index in [-0.39, 0.29) is 10.5 Å². The predicted octanol–water partition coefficient (Wildman–Crippen LogP) is 3.15. The molecule has 2 aromatic rings. The van der Waals surface area contributed by atoms with Gasteiger partial charge in [-0.25, -0.2) is 13.2 Å². The Morgan fingerprint density at radius 3 is 2.48 bits per heavy atom. The molecule has 110 valence electrons. The molecule has 0 heterocycles. The number of rotatable bonds is 4. The summed E-state index contributed by atoms with van der Waals surface area (Å²) in [5.41, 5.74) is 0.586. The number of anilines is 1. The Morgan fingerprint density at radius 1 is 1.14 bits per heavy atom. The molecule has 0 aromatic heterocycles. The molecule has 2 rings (SSSR count). The van der Waals surface area contributed by atoms with Crippen molar-refractivity contribution in [3.05, 3.63) is 58.6 Å². The molecule has 0 amide bonds. The molecule has 0 unspecified atom stereocenters. The maximum absolute atomic E-state index is 12.4. The molecule has 0 aliphatic carbocycles. The van der Waals surface area contributed by atoms with Crippen molar-refractivity contribution in [2.45, 2.75) is 11.8 Å². The molecule has 0 radical (unpaired) electrons. The molecule has 2 N–H and O–H groups in total. The van der Waals surface area contributed by atoms with Crippen LogP contribution in [0.4, 0.5) is 5.69 Å². The quantitative estimate of drug-likeness (QED) is 0.904. The van der Waals surface area contributed by atoms with Crippen LogP contribution in [0.25, 0.3) is 0 Å². The Balaban J connectivity index is 2.49. The minimum absolute atomic E-state index is 0.287. The van der Waals surface area contributed by atoms with Gasteiger partial charge in [0.15, 0.2) is 0 Å². The summed E-state index contributed by atoms with van der Waals surface area (Å²) in [5.74, 6) is -1.31. The van der Waals surface area contributed by atoms with E-state index in [9.17, 15) is 13.2 Å². The van der Waals surface area contributed by atoms with Gasteiger partial charge in [-0.3, -0.25) is 4.72 Å². The van der Waals surface area contributed by atoms with E-state index in [1.54, 1.807) is 25.1 Å². The lowest BCUT2D eigenvalue weighted by molar-refractivity contribution is 0.0692. The van der Waals surface area contributed by atoms with E-state index in [0.29, 0.717) is 16.3 Å². The average Bonchev–Trinajstić information content (AvgIpc) is 2.44. The molecule has 0 atom stereocenters. The zero-order valence-corrected chi connectivity index (χ0v) is 12.6. The third kappa shape index (κ3) is 3.17. The highest BCUT2D eigenvalue weighted by Crippen LogP contribution is 2.26. The Hall–Kier alpha value is -2.05. The monoisotopic (exact) mass is 325 g/mol. The van der Waals surface area contributed by atoms with Gasteiger partial charge in [-0.15, -0.1) is 0 Å². The van der Waals surface area contributed by atoms with Crippen molar-refractivity contribution in [1.29, 1.82) is 0 Å². The number of sulfonamides is 1. The minimum Gasteiger partial charge on any atom is -0.478 e. The van der Waals surface area contributed by atoms with Gasteiger partial charge in [-0.05, 0) is 36.8 Å². The molecule has 21 heavy (non-hydrogen) atoms. The first-order chi connectivity index (χ1) is 9.83. The van der Waals surface area contributed by atoms with Gasteiger partial charge in [0.1, 0.15) is 4.90 Å². The van der Waals surface area contributed by atoms with Gasteiger partial charge in [0, 0.05) is 5.02 Å². The normalized spacial score (nSPS) is 11.1. The second-order valence-corrected chi connectivity index (χ2v) is 6.38. The maximum Gasteiger partial charge on any atom is 0.337 e. The van der Waals surface area contributed by atoms with Crippen LogP contribution in [0.3, 0.4) is 0 Å². The maximum atomic E-state index is 12.4. The van der Waals surface area contributed by atoms with Crippen LogP contribution in [0.5, 0.6) is 0 Å². The summed E-state index contributed by atoms with van der Waals surface area (Å²) in [6.45, 7) is 1.67. The Bertz CT molecular complexity index is 802. The second kappa shape index (κ2) is 5.75. The first kappa shape index (κ1) is 15.3. The van der Waals surface area contributed by atoms with Crippen LogP contribution < -0.4 is 4.72 Å². The van der Waals surface area contributed by atoms with E-state index >= 15 is 0 Å². The lowest BCUT2D eigenvalue weighted by atomic mass is 10.2. The molecule has 0 fully saturated rings. The number of carboxylic acid groups (broad SMARTS) is 1. The van der Waals surface area contributed by atoms with E-state index in [4.69, 9.17) is 16.7 Å². The molecular weight excluding hydrogens is 314 g/mol. The third-order valence-electron chi connectivity index (χ3n) is 2.92. The Morgan fingerprint density at radius 2 is 1.81 bits per heavy atom. The van der Waals surface area contributed by atoms with Crippen LogP contribution in [0.15, 0.2) is 47.4 Å². The van der Waals surface area contributed by atoms with E-state index in [1.165, 1.54) is 24.3 Å². The van der Waals surface area contributed by atoms with Crippen LogP contribution >= 0.6 is 11.6 Å². The van der Waals surface area contributed by atoms with Crippen molar-refractivity contribution in [1.82, 2.24) is 0 Å². The number of carbonyl (C=O) groups is 1. The molecule has 0 saturated carbocycles. The fraction of sp³-hybridized carbons (Fsp3) is 0.0714. The molecule has 0 saturated heterocycles. The Labute approximate surface area is 127 Å². The van der Waals surface area contributed by atoms with E-state index in [2.05, 4.69) is 4.72 Å². The lowest BCUT2D eigenvalue weighted by Gasteiger charge is -2.12. The van der Waals surface area contributed by atoms with Gasteiger partial charge in [0.05, 0.1) is 11.3 Å². The van der Waals surface area contributed by atoms with Crippen molar-refractivity contribution in [2.75, 3.05) is 4.72 Å². The number of hydrogen-bond donors (Lipinski definition) is 2. The third-order valence-corrected chi connectivity index (χ3v) is 4.75. The highest BCUT2D eigenvalue weighted by atomic mass is 35.5. The SMILES string of the molecule is Cc1c(Cl)cccc1NS(=O)(=O)c1ccccc1C(=O)O. The van der Waals surface area contributed by atoms with E-state index in [1.807, 2.05) is 0 Å². The first-order valence-corrected chi connectivity index (χ1v) is 7.79. The molecular formula is C14H12ClNO4S. The predicted molar refractivity (Wildman–Crippen MR) is 80.4 cm³/mol. The van der Waals surface area contributed by atoms with E-state index < -0.39 is 16.0 Å². The summed E-state index contributed by atoms with van der Waals surface area (Å²) in [6.07, 6.45) is 0. The van der Waals surface area contributed by atoms with E-state index in [0.717, 1.165) is 0 Å². The van der Waals surface area contributed by atoms with Crippen LogP contribution in [-0.4, -0.2) is 19.5 Å². The van der Waals surface area contributed by atoms with Crippen molar-refractivity contribution >= 4 is 33.3 Å². The molecule has 0 spiro atoms. The van der Waals surface area contributed by atoms with Gasteiger partial charge in [0.25, 0.3) is 10.0 Å². The number of nitrogens with one attached hydrogen (secondary N) is 1. The Kier molecular flexibility index (Phi) is 4.20. The van der Waals surface area contributed by atoms with Crippen molar-refractivity contribution in [3.63, 3.8) is 0 Å². The number of hydrogen-bond acceptors (Lipinski definition) is 3. The fourth-order valence-corrected chi connectivity index (χ4v) is 3.29. The number of benzene rings is 2. The average molecular weight is 326 g/mol. The molecule has 2 aromatic carbocycles. The largest absolute Gasteiger partial charge is 0.478 e. The van der Waals surface area contributed by atoms with Crippen LogP contribution in [0, 0.1) is 6.92 Å². The zero-order chi connectivity index (χ0) is 15.6. The molecule has 7 heteroatoms. The van der Waals surface area contributed by atoms with Crippen molar-refractivity contribution in [3.8, 4) is 0 Å². The van der Waals surface area contributed by atoms with Gasteiger partial charge in [0.2, 0.25) is 0 Å². The molecule has 5 nitrogen and oxygen atoms in total. The number of halogens is 1. The summed E-state index contributed by atoms with van der Waals surface area (Å²) in [5, 5.41) is 9.50. The van der Waals surface area contributed by atoms with Gasteiger partial charge in [-0.2, -0.15) is 0 Å². The van der Waals surface area contributed by atoms with Gasteiger partial charge in [-0.1, -0.05) is 29.8 Å². The van der Waals surface area contributed by atoms with Crippen LogP contribution in [0.2, 0.25) is 5.02 Å². The minimum atomic E-state index is -4.02. The standard InChI is InChI=1S/C14H12ClNO4S/c1-9-11(15)6-4-7-12(9)16-21(19,20)13-8-3-2-5-10(13)14(17)18/h2-8,16H,1H3,(H,17,18). The number of carboxylic acids is 1. The molecule has 0 bridgehead atoms. The summed E-state index contributed by atoms with van der Waals surface area (Å²) in [7, 11) is -4.02. The fourth-order valence-electron chi connectivity index (χ4n) is 1.80. The first-order valence-electron chi connectivity index (χ1n) is 5.93. The number of aromatic carboxylic acids is 1. The molecule has 0 aliphatic rings. The highest BCUT2D eigenvalue weighted by Gasteiger charge is 2.22. The summed E-state index contributed by atoms with van der Waals surface area (Å²) in [4.78, 5) is 10.8. The van der Waals surface area contributed by atoms with Crippen molar-refractivity contribution < 1.29 is 18.3 Å². The van der Waals surface area contributed by atoms with Crippen molar-refractivity contribution in [2.24, 2.45) is 0 Å². The summed E-state index contributed by atoms with van der Waals surface area (Å²) in [6, 6.07) is 10.2. The topological polar surface area (TPSA) is 83.5 Å². The van der Waals surface area contributed by atoms with Crippen LogP contribution in [0.1, 0.15) is 15.9 Å². The van der Waals surface area contributed by atoms with Gasteiger partial charge >= 0.3 is 5.97 Å². The van der Waals surface area contributed by atoms with Gasteiger partial charge < -0.3 is 5.11 Å². The lowest BCUT2D eigenvalue weighted by Crippen LogP contribution is -2.17.